The number of rotatable bonds is 16. The van der Waals surface area contributed by atoms with E-state index < -0.39 is 82.6 Å². The molecule has 0 radical (unpaired) electrons. The van der Waals surface area contributed by atoms with Crippen LogP contribution in [0.4, 0.5) is 15.4 Å². The van der Waals surface area contributed by atoms with Gasteiger partial charge in [-0.1, -0.05) is 0 Å². The number of carboxylic acids is 2. The van der Waals surface area contributed by atoms with E-state index in [2.05, 4.69) is 15.0 Å². The van der Waals surface area contributed by atoms with Crippen molar-refractivity contribution < 1.29 is 66.7 Å². The summed E-state index contributed by atoms with van der Waals surface area (Å²) in [4.78, 5) is 54.9. The summed E-state index contributed by atoms with van der Waals surface area (Å²) in [7, 11) is -4.06. The zero-order valence-corrected chi connectivity index (χ0v) is 25.6. The minimum Gasteiger partial charge on any atom is -0.481 e. The number of aliphatic carboxylic acids is 2. The number of carbonyl (C=O) groups is 4. The number of aromatic nitrogens is 4. The Morgan fingerprint density at radius 3 is 1.93 bits per heavy atom. The third-order valence-corrected chi connectivity index (χ3v) is 6.09. The minimum absolute atomic E-state index is 0.237. The van der Waals surface area contributed by atoms with E-state index in [9.17, 15) is 23.7 Å². The summed E-state index contributed by atoms with van der Waals surface area (Å²) in [5.74, 6) is -2.26. The molecule has 2 aromatic rings. The van der Waals surface area contributed by atoms with Crippen LogP contribution in [0, 0.1) is 0 Å². The molecule has 6 N–H and O–H groups in total. The molecule has 2 atom stereocenters. The van der Waals surface area contributed by atoms with Crippen LogP contribution < -0.4 is 11.5 Å². The van der Waals surface area contributed by atoms with Crippen LogP contribution in [0.3, 0.4) is 0 Å². The highest BCUT2D eigenvalue weighted by atomic mass is 31.2. The summed E-state index contributed by atoms with van der Waals surface area (Å²) in [6, 6.07) is -1.29. The van der Waals surface area contributed by atoms with Gasteiger partial charge in [-0.3, -0.25) is 23.2 Å². The third kappa shape index (κ3) is 14.9. The molecule has 2 rings (SSSR count). The lowest BCUT2D eigenvalue weighted by Crippen LogP contribution is -2.32. The Hall–Kier alpha value is -4.10. The van der Waals surface area contributed by atoms with E-state index in [1.54, 1.807) is 39.2 Å². The van der Waals surface area contributed by atoms with Crippen molar-refractivity contribution in [2.75, 3.05) is 25.7 Å². The minimum atomic E-state index is -4.06. The number of fused-ring (bicyclic) bond motifs is 1. The molecule has 21 heteroatoms. The molecular formula is C23H37N6O14P. The van der Waals surface area contributed by atoms with Crippen LogP contribution >= 0.6 is 7.60 Å². The first-order valence-corrected chi connectivity index (χ1v) is 14.5. The second-order valence-corrected chi connectivity index (χ2v) is 11.2. The molecule has 0 fully saturated rings. The van der Waals surface area contributed by atoms with Crippen LogP contribution in [0.1, 0.15) is 41.0 Å². The first kappa shape index (κ1) is 37.9. The molecule has 0 amide bonds. The van der Waals surface area contributed by atoms with Gasteiger partial charge in [0.2, 0.25) is 13.6 Å². The van der Waals surface area contributed by atoms with Gasteiger partial charge in [0, 0.05) is 0 Å². The number of anilines is 1. The Labute approximate surface area is 251 Å². The van der Waals surface area contributed by atoms with Gasteiger partial charge in [-0.2, -0.15) is 0 Å². The molecule has 0 aliphatic carbocycles. The van der Waals surface area contributed by atoms with E-state index in [4.69, 9.17) is 54.4 Å². The van der Waals surface area contributed by atoms with Gasteiger partial charge < -0.3 is 49.9 Å². The molecule has 0 aliphatic heterocycles. The second kappa shape index (κ2) is 18.5. The summed E-state index contributed by atoms with van der Waals surface area (Å²) in [6.45, 7) is 6.98. The van der Waals surface area contributed by atoms with Crippen LogP contribution in [0.5, 0.6) is 0 Å². The van der Waals surface area contributed by atoms with Crippen molar-refractivity contribution in [2.24, 2.45) is 5.73 Å². The Morgan fingerprint density at radius 1 is 0.932 bits per heavy atom. The number of carboxylic acid groups (broad SMARTS) is 2. The molecule has 248 valence electrons. The molecule has 0 saturated heterocycles. The maximum absolute atomic E-state index is 13.1. The largest absolute Gasteiger partial charge is 0.510 e. The SMILES string of the molecule is CC(C)OC(=O)OCOP(=O)(CO[C@H](C)Cn1cnc2c(N)ncnc21)OCOC(=O)OC(C)C.NC(CC(=O)O)C(=O)O. The van der Waals surface area contributed by atoms with Crippen molar-refractivity contribution in [1.29, 1.82) is 0 Å². The van der Waals surface area contributed by atoms with Crippen molar-refractivity contribution in [3.8, 4) is 0 Å². The number of nitrogen functional groups attached to an aromatic ring is 1. The molecule has 0 spiro atoms. The standard InChI is InChI=1S/C19H30N5O10P.C4H7NO4/c1-12(2)33-18(25)28-9-31-35(27,32-10-29-19(26)34-13(3)4)11-30-14(5)6-24-8-23-15-16(20)21-7-22-17(15)24;5-2(4(8)9)1-3(6)7/h7-8,12-14H,6,9-11H2,1-5H3,(H2,20,21,22);2H,1,5H2,(H,6,7)(H,8,9)/t14-;/m1./s1. The van der Waals surface area contributed by atoms with Gasteiger partial charge >= 0.3 is 31.8 Å². The first-order chi connectivity index (χ1) is 20.5. The fourth-order valence-corrected chi connectivity index (χ4v) is 3.82. The van der Waals surface area contributed by atoms with E-state index in [1.807, 2.05) is 0 Å². The Bertz CT molecular complexity index is 1260. The number of ether oxygens (including phenoxy) is 5. The highest BCUT2D eigenvalue weighted by Crippen LogP contribution is 2.48. The maximum Gasteiger partial charge on any atom is 0.510 e. The fraction of sp³-hybridized carbons (Fsp3) is 0.609. The van der Waals surface area contributed by atoms with E-state index in [-0.39, 0.29) is 12.4 Å². The average Bonchev–Trinajstić information content (AvgIpc) is 3.30. The van der Waals surface area contributed by atoms with E-state index in [1.165, 1.54) is 12.7 Å². The van der Waals surface area contributed by atoms with Crippen LogP contribution in [-0.4, -0.2) is 98.3 Å². The first-order valence-electron chi connectivity index (χ1n) is 12.8. The van der Waals surface area contributed by atoms with Gasteiger partial charge in [0.05, 0.1) is 37.6 Å². The van der Waals surface area contributed by atoms with Gasteiger partial charge in [0.1, 0.15) is 24.2 Å². The molecule has 2 aromatic heterocycles. The quantitative estimate of drug-likeness (QED) is 0.114. The van der Waals surface area contributed by atoms with Crippen LogP contribution in [0.2, 0.25) is 0 Å². The van der Waals surface area contributed by atoms with Gasteiger partial charge in [0.25, 0.3) is 0 Å². The molecule has 0 bridgehead atoms. The van der Waals surface area contributed by atoms with Gasteiger partial charge in [-0.15, -0.1) is 0 Å². The number of hydrogen-bond acceptors (Lipinski definition) is 17. The monoisotopic (exact) mass is 652 g/mol. The fourth-order valence-electron chi connectivity index (χ4n) is 2.73. The summed E-state index contributed by atoms with van der Waals surface area (Å²) in [6.07, 6.45) is -1.67. The average molecular weight is 653 g/mol. The lowest BCUT2D eigenvalue weighted by atomic mass is 10.2. The van der Waals surface area contributed by atoms with Crippen molar-refractivity contribution in [1.82, 2.24) is 19.5 Å². The highest BCUT2D eigenvalue weighted by molar-refractivity contribution is 7.53. The summed E-state index contributed by atoms with van der Waals surface area (Å²) in [5, 5.41) is 16.0. The van der Waals surface area contributed by atoms with Crippen LogP contribution in [0.15, 0.2) is 12.7 Å². The number of nitrogens with zero attached hydrogens (tertiary/aromatic N) is 4. The Kier molecular flexibility index (Phi) is 16.0. The van der Waals surface area contributed by atoms with Crippen molar-refractivity contribution >= 4 is 48.8 Å². The highest BCUT2D eigenvalue weighted by Gasteiger charge is 2.29. The zero-order valence-electron chi connectivity index (χ0n) is 24.7. The van der Waals surface area contributed by atoms with Gasteiger partial charge in [-0.25, -0.2) is 24.5 Å². The number of carbonyl (C=O) groups excluding carboxylic acids is 2. The van der Waals surface area contributed by atoms with Gasteiger partial charge in [0.15, 0.2) is 11.5 Å². The van der Waals surface area contributed by atoms with Crippen LogP contribution in [-0.2, 0) is 53.4 Å². The molecule has 1 unspecified atom stereocenters. The molecule has 0 saturated carbocycles. The number of nitrogens with two attached hydrogens (primary N) is 2. The Balaban J connectivity index is 0.000000930. The summed E-state index contributed by atoms with van der Waals surface area (Å²) >= 11 is 0. The predicted molar refractivity (Wildman–Crippen MR) is 148 cm³/mol. The maximum atomic E-state index is 13.1. The van der Waals surface area contributed by atoms with Crippen molar-refractivity contribution in [2.45, 2.75) is 71.9 Å². The summed E-state index contributed by atoms with van der Waals surface area (Å²) in [5.41, 5.74) is 11.6. The molecular weight excluding hydrogens is 615 g/mol. The molecule has 2 heterocycles. The number of imidazole rings is 1. The molecule has 20 nitrogen and oxygen atoms in total. The van der Waals surface area contributed by atoms with Crippen molar-refractivity contribution in [3.05, 3.63) is 12.7 Å². The Morgan fingerprint density at radius 2 is 1.48 bits per heavy atom. The lowest BCUT2D eigenvalue weighted by Gasteiger charge is -2.21. The third-order valence-electron chi connectivity index (χ3n) is 4.63. The molecule has 0 aromatic carbocycles. The number of hydrogen-bond donors (Lipinski definition) is 4. The normalized spacial score (nSPS) is 12.6. The summed E-state index contributed by atoms with van der Waals surface area (Å²) < 4.78 is 49.7. The lowest BCUT2D eigenvalue weighted by molar-refractivity contribution is -0.144. The van der Waals surface area contributed by atoms with Crippen LogP contribution in [0.25, 0.3) is 11.2 Å². The molecule has 0 aliphatic rings. The second-order valence-electron chi connectivity index (χ2n) is 9.20. The predicted octanol–water partition coefficient (Wildman–Crippen LogP) is 1.91. The van der Waals surface area contributed by atoms with E-state index in [0.29, 0.717) is 11.2 Å². The van der Waals surface area contributed by atoms with E-state index >= 15 is 0 Å². The topological polar surface area (TPSA) is 286 Å². The molecule has 44 heavy (non-hydrogen) atoms. The zero-order chi connectivity index (χ0) is 33.4. The van der Waals surface area contributed by atoms with Gasteiger partial charge in [-0.05, 0) is 34.6 Å². The van der Waals surface area contributed by atoms with E-state index in [0.717, 1.165) is 0 Å². The smallest absolute Gasteiger partial charge is 0.481 e. The van der Waals surface area contributed by atoms with Crippen molar-refractivity contribution in [3.63, 3.8) is 0 Å².